The van der Waals surface area contributed by atoms with Gasteiger partial charge in [0.1, 0.15) is 6.07 Å². The summed E-state index contributed by atoms with van der Waals surface area (Å²) in [6.07, 6.45) is 2.73. The van der Waals surface area contributed by atoms with Crippen molar-refractivity contribution in [2.75, 3.05) is 5.32 Å². The number of H-pyrrole nitrogens is 1. The van der Waals surface area contributed by atoms with Gasteiger partial charge in [-0.3, -0.25) is 9.59 Å². The summed E-state index contributed by atoms with van der Waals surface area (Å²) in [7, 11) is 0. The highest BCUT2D eigenvalue weighted by atomic mass is 16.1. The number of hydrogen-bond acceptors (Lipinski definition) is 3. The van der Waals surface area contributed by atoms with Gasteiger partial charge < -0.3 is 10.3 Å². The molecule has 3 aromatic rings. The van der Waals surface area contributed by atoms with Crippen molar-refractivity contribution in [3.8, 4) is 6.07 Å². The van der Waals surface area contributed by atoms with E-state index in [2.05, 4.69) is 10.3 Å². The monoisotopic (exact) mass is 315 g/mol. The van der Waals surface area contributed by atoms with Crippen LogP contribution in [0.3, 0.4) is 0 Å². The van der Waals surface area contributed by atoms with E-state index in [9.17, 15) is 9.59 Å². The molecule has 5 nitrogen and oxygen atoms in total. The molecule has 0 radical (unpaired) electrons. The normalized spacial score (nSPS) is 10.6. The van der Waals surface area contributed by atoms with Gasteiger partial charge in [-0.05, 0) is 35.7 Å². The Labute approximate surface area is 137 Å². The van der Waals surface area contributed by atoms with E-state index in [0.29, 0.717) is 16.8 Å². The maximum atomic E-state index is 12.0. The maximum Gasteiger partial charge on any atom is 0.255 e. The number of anilines is 1. The van der Waals surface area contributed by atoms with Crippen LogP contribution in [0.15, 0.2) is 65.5 Å². The fraction of sp³-hybridized carbons (Fsp3) is 0. The van der Waals surface area contributed by atoms with Crippen molar-refractivity contribution in [2.24, 2.45) is 0 Å². The lowest BCUT2D eigenvalue weighted by molar-refractivity contribution is -0.111. The zero-order valence-corrected chi connectivity index (χ0v) is 12.6. The van der Waals surface area contributed by atoms with Crippen LogP contribution in [0, 0.1) is 11.3 Å². The molecule has 2 aromatic carbocycles. The summed E-state index contributed by atoms with van der Waals surface area (Å²) in [4.78, 5) is 26.8. The van der Waals surface area contributed by atoms with Crippen LogP contribution < -0.4 is 10.9 Å². The van der Waals surface area contributed by atoms with E-state index >= 15 is 0 Å². The predicted octanol–water partition coefficient (Wildman–Crippen LogP) is 3.05. The van der Waals surface area contributed by atoms with Crippen molar-refractivity contribution in [3.63, 3.8) is 0 Å². The van der Waals surface area contributed by atoms with Gasteiger partial charge in [0, 0.05) is 17.2 Å². The number of nitrogens with one attached hydrogen (secondary N) is 2. The Morgan fingerprint density at radius 1 is 1.12 bits per heavy atom. The summed E-state index contributed by atoms with van der Waals surface area (Å²) >= 11 is 0. The number of hydrogen-bond donors (Lipinski definition) is 2. The van der Waals surface area contributed by atoms with Crippen molar-refractivity contribution in [2.45, 2.75) is 0 Å². The third-order valence-electron chi connectivity index (χ3n) is 3.50. The lowest BCUT2D eigenvalue weighted by atomic mass is 10.1. The highest BCUT2D eigenvalue weighted by Gasteiger charge is 2.04. The van der Waals surface area contributed by atoms with E-state index in [-0.39, 0.29) is 5.56 Å². The number of nitrogens with zero attached hydrogens (tertiary/aromatic N) is 1. The first-order chi connectivity index (χ1) is 11.7. The average molecular weight is 315 g/mol. The summed E-state index contributed by atoms with van der Waals surface area (Å²) in [6.45, 7) is 0. The van der Waals surface area contributed by atoms with Gasteiger partial charge in [-0.25, -0.2) is 0 Å². The second-order valence-corrected chi connectivity index (χ2v) is 5.12. The molecule has 0 saturated carbocycles. The first-order valence-electron chi connectivity index (χ1n) is 7.27. The Morgan fingerprint density at radius 3 is 2.71 bits per heavy atom. The average Bonchev–Trinajstić information content (AvgIpc) is 2.60. The third kappa shape index (κ3) is 3.23. The van der Waals surface area contributed by atoms with Gasteiger partial charge >= 0.3 is 0 Å². The molecule has 0 unspecified atom stereocenters. The van der Waals surface area contributed by atoms with Crippen molar-refractivity contribution in [1.29, 1.82) is 5.26 Å². The largest absolute Gasteiger partial charge is 0.321 e. The maximum absolute atomic E-state index is 12.0. The standard InChI is InChI=1S/C19H13N3O2/c20-12-15-6-2-4-8-17(15)21-18(23)10-9-14-11-13-5-1-3-7-16(13)22-19(14)24/h1-11H,(H,21,23)(H,22,24)/b10-9+. The summed E-state index contributed by atoms with van der Waals surface area (Å²) in [5.74, 6) is -0.412. The molecule has 2 N–H and O–H groups in total. The van der Waals surface area contributed by atoms with Gasteiger partial charge in [0.25, 0.3) is 5.56 Å². The second kappa shape index (κ2) is 6.63. The summed E-state index contributed by atoms with van der Waals surface area (Å²) in [6, 6.07) is 17.9. The number of carbonyl (C=O) groups excluding carboxylic acids is 1. The van der Waals surface area contributed by atoms with Crippen molar-refractivity contribution in [3.05, 3.63) is 82.2 Å². The van der Waals surface area contributed by atoms with Gasteiger partial charge in [-0.15, -0.1) is 0 Å². The predicted molar refractivity (Wildman–Crippen MR) is 93.4 cm³/mol. The van der Waals surface area contributed by atoms with E-state index in [4.69, 9.17) is 5.26 Å². The summed E-state index contributed by atoms with van der Waals surface area (Å²) in [5, 5.41) is 12.5. The minimum Gasteiger partial charge on any atom is -0.321 e. The molecule has 24 heavy (non-hydrogen) atoms. The number of para-hydroxylation sites is 2. The molecule has 116 valence electrons. The van der Waals surface area contributed by atoms with Gasteiger partial charge in [-0.1, -0.05) is 30.3 Å². The number of fused-ring (bicyclic) bond motifs is 1. The van der Waals surface area contributed by atoms with Gasteiger partial charge in [0.2, 0.25) is 5.91 Å². The van der Waals surface area contributed by atoms with Gasteiger partial charge in [0.05, 0.1) is 11.3 Å². The van der Waals surface area contributed by atoms with E-state index in [1.165, 1.54) is 12.2 Å². The minimum atomic E-state index is -0.412. The molecular weight excluding hydrogens is 302 g/mol. The third-order valence-corrected chi connectivity index (χ3v) is 3.50. The lowest BCUT2D eigenvalue weighted by Gasteiger charge is -2.03. The minimum absolute atomic E-state index is 0.268. The van der Waals surface area contributed by atoms with Gasteiger partial charge in [0.15, 0.2) is 0 Å². The number of nitriles is 1. The lowest BCUT2D eigenvalue weighted by Crippen LogP contribution is -2.11. The van der Waals surface area contributed by atoms with Crippen molar-refractivity contribution in [1.82, 2.24) is 4.98 Å². The molecular formula is C19H13N3O2. The molecule has 0 saturated heterocycles. The van der Waals surface area contributed by atoms with Gasteiger partial charge in [-0.2, -0.15) is 5.26 Å². The number of amides is 1. The zero-order chi connectivity index (χ0) is 16.9. The van der Waals surface area contributed by atoms with Crippen LogP contribution in [-0.2, 0) is 4.79 Å². The number of rotatable bonds is 3. The number of aromatic amines is 1. The van der Waals surface area contributed by atoms with Crippen LogP contribution in [0.4, 0.5) is 5.69 Å². The topological polar surface area (TPSA) is 85.8 Å². The van der Waals surface area contributed by atoms with E-state index in [1.54, 1.807) is 30.3 Å². The molecule has 0 fully saturated rings. The second-order valence-electron chi connectivity index (χ2n) is 5.12. The van der Waals surface area contributed by atoms with Crippen molar-refractivity contribution >= 4 is 28.6 Å². The van der Waals surface area contributed by atoms with Crippen LogP contribution >= 0.6 is 0 Å². The zero-order valence-electron chi connectivity index (χ0n) is 12.6. The Kier molecular flexibility index (Phi) is 4.21. The molecule has 0 aliphatic rings. The quantitative estimate of drug-likeness (QED) is 0.728. The number of pyridine rings is 1. The molecule has 0 aliphatic heterocycles. The Morgan fingerprint density at radius 2 is 1.88 bits per heavy atom. The van der Waals surface area contributed by atoms with E-state index in [0.717, 1.165) is 10.9 Å². The first-order valence-corrected chi connectivity index (χ1v) is 7.27. The number of carbonyl (C=O) groups is 1. The molecule has 3 rings (SSSR count). The number of benzene rings is 2. The fourth-order valence-corrected chi connectivity index (χ4v) is 2.32. The molecule has 1 aromatic heterocycles. The first kappa shape index (κ1) is 15.3. The highest BCUT2D eigenvalue weighted by molar-refractivity contribution is 6.02. The van der Waals surface area contributed by atoms with Crippen LogP contribution in [0.25, 0.3) is 17.0 Å². The van der Waals surface area contributed by atoms with E-state index in [1.807, 2.05) is 30.3 Å². The molecule has 0 aliphatic carbocycles. The Balaban J connectivity index is 1.83. The summed E-state index contributed by atoms with van der Waals surface area (Å²) < 4.78 is 0. The molecule has 0 bridgehead atoms. The smallest absolute Gasteiger partial charge is 0.255 e. The van der Waals surface area contributed by atoms with Crippen molar-refractivity contribution < 1.29 is 4.79 Å². The van der Waals surface area contributed by atoms with E-state index < -0.39 is 5.91 Å². The van der Waals surface area contributed by atoms with Crippen LogP contribution in [0.5, 0.6) is 0 Å². The number of aromatic nitrogens is 1. The SMILES string of the molecule is N#Cc1ccccc1NC(=O)/C=C/c1cc2ccccc2[nH]c1=O. The highest BCUT2D eigenvalue weighted by Crippen LogP contribution is 2.14. The van der Waals surface area contributed by atoms with Crippen LogP contribution in [0.1, 0.15) is 11.1 Å². The van der Waals surface area contributed by atoms with Crippen LogP contribution in [-0.4, -0.2) is 10.9 Å². The Hall–Kier alpha value is -3.65. The molecule has 0 atom stereocenters. The molecule has 1 amide bonds. The Bertz CT molecular complexity index is 1040. The fourth-order valence-electron chi connectivity index (χ4n) is 2.32. The summed E-state index contributed by atoms with van der Waals surface area (Å²) in [5.41, 5.74) is 1.67. The molecule has 1 heterocycles. The molecule has 5 heteroatoms. The van der Waals surface area contributed by atoms with Crippen LogP contribution in [0.2, 0.25) is 0 Å². The molecule has 0 spiro atoms.